The van der Waals surface area contributed by atoms with E-state index in [1.165, 1.54) is 29.5 Å². The third-order valence-electron chi connectivity index (χ3n) is 2.05. The Balaban J connectivity index is 2.31. The molecule has 1 aromatic heterocycles. The molecule has 0 saturated carbocycles. The Kier molecular flexibility index (Phi) is 3.07. The molecule has 0 fully saturated rings. The molecule has 1 heterocycles. The van der Waals surface area contributed by atoms with Crippen LogP contribution in [0.4, 0.5) is 4.39 Å². The number of aromatic nitrogens is 1. The molecule has 16 heavy (non-hydrogen) atoms. The standard InChI is InChI=1S/C11H9FN2OS/c12-8-3-1-2-7(4-8)11(15)9-6-16-10(5-13)14-9/h1-4,6H,5,13H2. The molecule has 0 saturated heterocycles. The normalized spacial score (nSPS) is 10.4. The molecular formula is C11H9FN2OS. The highest BCUT2D eigenvalue weighted by atomic mass is 32.1. The maximum Gasteiger partial charge on any atom is 0.212 e. The number of nitrogens with two attached hydrogens (primary N) is 1. The van der Waals surface area contributed by atoms with Crippen molar-refractivity contribution < 1.29 is 9.18 Å². The van der Waals surface area contributed by atoms with Crippen molar-refractivity contribution in [3.05, 3.63) is 51.7 Å². The van der Waals surface area contributed by atoms with Crippen LogP contribution in [0.2, 0.25) is 0 Å². The first-order valence-electron chi connectivity index (χ1n) is 4.65. The zero-order valence-electron chi connectivity index (χ0n) is 8.31. The summed E-state index contributed by atoms with van der Waals surface area (Å²) in [5, 5.41) is 2.33. The summed E-state index contributed by atoms with van der Waals surface area (Å²) in [6.45, 7) is 0.307. The minimum absolute atomic E-state index is 0.282. The quantitative estimate of drug-likeness (QED) is 0.829. The number of benzene rings is 1. The van der Waals surface area contributed by atoms with Gasteiger partial charge in [-0.1, -0.05) is 12.1 Å². The van der Waals surface area contributed by atoms with Crippen LogP contribution >= 0.6 is 11.3 Å². The van der Waals surface area contributed by atoms with Crippen LogP contribution in [0, 0.1) is 5.82 Å². The second-order valence-corrected chi connectivity index (χ2v) is 4.11. The van der Waals surface area contributed by atoms with Gasteiger partial charge in [-0.2, -0.15) is 0 Å². The van der Waals surface area contributed by atoms with Gasteiger partial charge in [-0.15, -0.1) is 11.3 Å². The number of thiazole rings is 1. The maximum atomic E-state index is 12.9. The summed E-state index contributed by atoms with van der Waals surface area (Å²) in [6.07, 6.45) is 0. The molecule has 0 spiro atoms. The molecule has 5 heteroatoms. The average molecular weight is 236 g/mol. The van der Waals surface area contributed by atoms with E-state index < -0.39 is 5.82 Å². The molecule has 0 amide bonds. The molecule has 0 bridgehead atoms. The lowest BCUT2D eigenvalue weighted by Gasteiger charge is -1.97. The van der Waals surface area contributed by atoms with Crippen LogP contribution in [0.25, 0.3) is 0 Å². The molecular weight excluding hydrogens is 227 g/mol. The molecule has 0 aliphatic heterocycles. The molecule has 3 nitrogen and oxygen atoms in total. The average Bonchev–Trinajstić information content (AvgIpc) is 2.76. The van der Waals surface area contributed by atoms with Gasteiger partial charge in [0, 0.05) is 17.5 Å². The van der Waals surface area contributed by atoms with Gasteiger partial charge in [0.25, 0.3) is 0 Å². The second-order valence-electron chi connectivity index (χ2n) is 3.17. The minimum Gasteiger partial charge on any atom is -0.325 e. The highest BCUT2D eigenvalue weighted by Gasteiger charge is 2.13. The van der Waals surface area contributed by atoms with Crippen molar-refractivity contribution in [1.82, 2.24) is 4.98 Å². The van der Waals surface area contributed by atoms with Crippen molar-refractivity contribution in [3.63, 3.8) is 0 Å². The lowest BCUT2D eigenvalue weighted by molar-refractivity contribution is 0.103. The van der Waals surface area contributed by atoms with E-state index in [9.17, 15) is 9.18 Å². The SMILES string of the molecule is NCc1nc(C(=O)c2cccc(F)c2)cs1. The van der Waals surface area contributed by atoms with Gasteiger partial charge in [-0.05, 0) is 12.1 Å². The number of carbonyl (C=O) groups is 1. The smallest absolute Gasteiger partial charge is 0.212 e. The van der Waals surface area contributed by atoms with Crippen molar-refractivity contribution in [2.45, 2.75) is 6.54 Å². The topological polar surface area (TPSA) is 56.0 Å². The van der Waals surface area contributed by atoms with Crippen LogP contribution in [0.3, 0.4) is 0 Å². The third-order valence-corrected chi connectivity index (χ3v) is 2.92. The fourth-order valence-electron chi connectivity index (χ4n) is 1.29. The summed E-state index contributed by atoms with van der Waals surface area (Å²) < 4.78 is 12.9. The summed E-state index contributed by atoms with van der Waals surface area (Å²) in [4.78, 5) is 15.9. The van der Waals surface area contributed by atoms with E-state index in [1.807, 2.05) is 0 Å². The second kappa shape index (κ2) is 4.51. The van der Waals surface area contributed by atoms with Gasteiger partial charge in [-0.3, -0.25) is 4.79 Å². The third kappa shape index (κ3) is 2.15. The van der Waals surface area contributed by atoms with E-state index >= 15 is 0 Å². The highest BCUT2D eigenvalue weighted by molar-refractivity contribution is 7.09. The molecule has 0 aliphatic carbocycles. The van der Waals surface area contributed by atoms with E-state index in [2.05, 4.69) is 4.98 Å². The Morgan fingerprint density at radius 1 is 1.50 bits per heavy atom. The zero-order valence-corrected chi connectivity index (χ0v) is 9.13. The first-order chi connectivity index (χ1) is 7.70. The first-order valence-corrected chi connectivity index (χ1v) is 5.53. The van der Waals surface area contributed by atoms with E-state index in [0.29, 0.717) is 22.8 Å². The van der Waals surface area contributed by atoms with Crippen LogP contribution in [0.15, 0.2) is 29.6 Å². The van der Waals surface area contributed by atoms with Crippen LogP contribution in [0.5, 0.6) is 0 Å². The van der Waals surface area contributed by atoms with Gasteiger partial charge in [0.1, 0.15) is 16.5 Å². The zero-order chi connectivity index (χ0) is 11.5. The molecule has 2 aromatic rings. The van der Waals surface area contributed by atoms with Crippen molar-refractivity contribution in [1.29, 1.82) is 0 Å². The Labute approximate surface area is 95.7 Å². The van der Waals surface area contributed by atoms with Crippen molar-refractivity contribution in [2.75, 3.05) is 0 Å². The molecule has 82 valence electrons. The molecule has 0 radical (unpaired) electrons. The Hall–Kier alpha value is -1.59. The summed E-state index contributed by atoms with van der Waals surface area (Å²) in [5.74, 6) is -0.712. The van der Waals surface area contributed by atoms with Crippen LogP contribution < -0.4 is 5.73 Å². The number of hydrogen-bond donors (Lipinski definition) is 1. The number of halogens is 1. The number of carbonyl (C=O) groups excluding carboxylic acids is 1. The minimum atomic E-state index is -0.430. The van der Waals surface area contributed by atoms with Crippen LogP contribution in [-0.2, 0) is 6.54 Å². The van der Waals surface area contributed by atoms with E-state index in [-0.39, 0.29) is 5.78 Å². The largest absolute Gasteiger partial charge is 0.325 e. The van der Waals surface area contributed by atoms with Crippen molar-refractivity contribution >= 4 is 17.1 Å². The molecule has 1 aromatic carbocycles. The summed E-state index contributed by atoms with van der Waals surface area (Å²) in [7, 11) is 0. The van der Waals surface area contributed by atoms with Gasteiger partial charge < -0.3 is 5.73 Å². The number of nitrogens with zero attached hydrogens (tertiary/aromatic N) is 1. The van der Waals surface area contributed by atoms with Gasteiger partial charge in [0.2, 0.25) is 5.78 Å². The van der Waals surface area contributed by atoms with Gasteiger partial charge in [0.05, 0.1) is 0 Å². The lowest BCUT2D eigenvalue weighted by atomic mass is 10.1. The Bertz CT molecular complexity index is 524. The monoisotopic (exact) mass is 236 g/mol. The molecule has 0 unspecified atom stereocenters. The molecule has 2 rings (SSSR count). The predicted octanol–water partition coefficient (Wildman–Crippen LogP) is 1.97. The maximum absolute atomic E-state index is 12.9. The van der Waals surface area contributed by atoms with Crippen molar-refractivity contribution in [2.24, 2.45) is 5.73 Å². The highest BCUT2D eigenvalue weighted by Crippen LogP contribution is 2.14. The first kappa shape index (κ1) is 10.9. The number of ketones is 1. The van der Waals surface area contributed by atoms with E-state index in [1.54, 1.807) is 11.4 Å². The molecule has 0 aliphatic rings. The lowest BCUT2D eigenvalue weighted by Crippen LogP contribution is -2.03. The van der Waals surface area contributed by atoms with Crippen molar-refractivity contribution in [3.8, 4) is 0 Å². The number of hydrogen-bond acceptors (Lipinski definition) is 4. The van der Waals surface area contributed by atoms with Crippen LogP contribution in [0.1, 0.15) is 21.1 Å². The number of rotatable bonds is 3. The summed E-state index contributed by atoms with van der Waals surface area (Å²) in [6, 6.07) is 5.55. The van der Waals surface area contributed by atoms with Gasteiger partial charge >= 0.3 is 0 Å². The predicted molar refractivity (Wildman–Crippen MR) is 59.8 cm³/mol. The molecule has 0 atom stereocenters. The van der Waals surface area contributed by atoms with E-state index in [0.717, 1.165) is 0 Å². The fraction of sp³-hybridized carbons (Fsp3) is 0.0909. The molecule has 2 N–H and O–H groups in total. The van der Waals surface area contributed by atoms with Gasteiger partial charge in [0.15, 0.2) is 0 Å². The Morgan fingerprint density at radius 2 is 2.31 bits per heavy atom. The van der Waals surface area contributed by atoms with Gasteiger partial charge in [-0.25, -0.2) is 9.37 Å². The fourth-order valence-corrected chi connectivity index (χ4v) is 1.94. The van der Waals surface area contributed by atoms with E-state index in [4.69, 9.17) is 5.73 Å². The summed E-state index contributed by atoms with van der Waals surface area (Å²) >= 11 is 1.33. The van der Waals surface area contributed by atoms with Crippen LogP contribution in [-0.4, -0.2) is 10.8 Å². The Morgan fingerprint density at radius 3 is 2.94 bits per heavy atom. The summed E-state index contributed by atoms with van der Waals surface area (Å²) in [5.41, 5.74) is 6.02.